The summed E-state index contributed by atoms with van der Waals surface area (Å²) >= 11 is 0. The molecule has 0 aliphatic rings. The van der Waals surface area contributed by atoms with Crippen molar-refractivity contribution in [3.63, 3.8) is 0 Å². The van der Waals surface area contributed by atoms with Gasteiger partial charge in [-0.3, -0.25) is 4.68 Å². The molecule has 0 aromatic carbocycles. The summed E-state index contributed by atoms with van der Waals surface area (Å²) in [5.41, 5.74) is 0.170. The van der Waals surface area contributed by atoms with Gasteiger partial charge in [0.2, 0.25) is 0 Å². The number of aromatic nitrogens is 2. The zero-order valence-corrected chi connectivity index (χ0v) is 10.2. The number of sulfone groups is 1. The fourth-order valence-electron chi connectivity index (χ4n) is 1.41. The van der Waals surface area contributed by atoms with E-state index in [9.17, 15) is 13.2 Å². The standard InChI is InChI=1S/C9H14N2O4S/c1-6(2)11-8(9(12)13)7(4-10-11)5-16(3,14)15/h4,6H,5H2,1-3H3,(H,12,13). The molecule has 0 spiro atoms. The minimum atomic E-state index is -3.26. The van der Waals surface area contributed by atoms with E-state index in [1.165, 1.54) is 10.9 Å². The lowest BCUT2D eigenvalue weighted by atomic mass is 10.2. The molecule has 0 bridgehead atoms. The first-order chi connectivity index (χ1) is 7.22. The van der Waals surface area contributed by atoms with E-state index in [0.717, 1.165) is 6.26 Å². The fraction of sp³-hybridized carbons (Fsp3) is 0.556. The number of carboxylic acids is 1. The Morgan fingerprint density at radius 1 is 1.56 bits per heavy atom. The SMILES string of the molecule is CC(C)n1ncc(CS(C)(=O)=O)c1C(=O)O. The van der Waals surface area contributed by atoms with Gasteiger partial charge in [-0.15, -0.1) is 0 Å². The lowest BCUT2D eigenvalue weighted by Gasteiger charge is -2.08. The van der Waals surface area contributed by atoms with Gasteiger partial charge in [-0.1, -0.05) is 0 Å². The van der Waals surface area contributed by atoms with Gasteiger partial charge in [0, 0.05) is 17.9 Å². The van der Waals surface area contributed by atoms with Crippen LogP contribution in [0.2, 0.25) is 0 Å². The Hall–Kier alpha value is -1.37. The topological polar surface area (TPSA) is 89.3 Å². The third-order valence-corrected chi connectivity index (χ3v) is 2.82. The third-order valence-electron chi connectivity index (χ3n) is 1.98. The highest BCUT2D eigenvalue weighted by Gasteiger charge is 2.21. The average molecular weight is 246 g/mol. The predicted octanol–water partition coefficient (Wildman–Crippen LogP) is 0.707. The molecule has 0 radical (unpaired) electrons. The largest absolute Gasteiger partial charge is 0.477 e. The van der Waals surface area contributed by atoms with Crippen molar-refractivity contribution in [3.8, 4) is 0 Å². The first-order valence-electron chi connectivity index (χ1n) is 4.69. The van der Waals surface area contributed by atoms with E-state index in [1.807, 2.05) is 0 Å². The Balaban J connectivity index is 3.26. The Morgan fingerprint density at radius 2 is 2.12 bits per heavy atom. The van der Waals surface area contributed by atoms with Gasteiger partial charge in [-0.25, -0.2) is 13.2 Å². The highest BCUT2D eigenvalue weighted by Crippen LogP contribution is 2.16. The highest BCUT2D eigenvalue weighted by atomic mass is 32.2. The summed E-state index contributed by atoms with van der Waals surface area (Å²) in [7, 11) is -3.26. The van der Waals surface area contributed by atoms with Crippen LogP contribution in [-0.2, 0) is 15.6 Å². The molecule has 0 saturated heterocycles. The number of hydrogen-bond acceptors (Lipinski definition) is 4. The van der Waals surface area contributed by atoms with Gasteiger partial charge >= 0.3 is 5.97 Å². The third kappa shape index (κ3) is 2.82. The van der Waals surface area contributed by atoms with Gasteiger partial charge in [0.15, 0.2) is 15.5 Å². The lowest BCUT2D eigenvalue weighted by Crippen LogP contribution is -2.14. The van der Waals surface area contributed by atoms with Crippen LogP contribution in [0.1, 0.15) is 35.9 Å². The van der Waals surface area contributed by atoms with Crippen LogP contribution >= 0.6 is 0 Å². The van der Waals surface area contributed by atoms with Crippen LogP contribution in [0.5, 0.6) is 0 Å². The molecule has 0 aliphatic heterocycles. The van der Waals surface area contributed by atoms with Crippen LogP contribution in [0, 0.1) is 0 Å². The fourth-order valence-corrected chi connectivity index (χ4v) is 2.19. The maximum atomic E-state index is 11.1. The van der Waals surface area contributed by atoms with Crippen molar-refractivity contribution in [2.24, 2.45) is 0 Å². The number of hydrogen-bond donors (Lipinski definition) is 1. The maximum absolute atomic E-state index is 11.1. The lowest BCUT2D eigenvalue weighted by molar-refractivity contribution is 0.0680. The molecule has 16 heavy (non-hydrogen) atoms. The average Bonchev–Trinajstić information content (AvgIpc) is 2.44. The van der Waals surface area contributed by atoms with Gasteiger partial charge in [0.25, 0.3) is 0 Å². The second kappa shape index (κ2) is 4.25. The summed E-state index contributed by atoms with van der Waals surface area (Å²) in [4.78, 5) is 11.0. The molecule has 6 nitrogen and oxygen atoms in total. The molecule has 0 amide bonds. The van der Waals surface area contributed by atoms with Gasteiger partial charge < -0.3 is 5.11 Å². The number of rotatable bonds is 4. The summed E-state index contributed by atoms with van der Waals surface area (Å²) in [5.74, 6) is -1.47. The van der Waals surface area contributed by atoms with Crippen LogP contribution in [-0.4, -0.2) is 35.5 Å². The summed E-state index contributed by atoms with van der Waals surface area (Å²) in [5, 5.41) is 12.9. The van der Waals surface area contributed by atoms with E-state index in [4.69, 9.17) is 5.11 Å². The zero-order chi connectivity index (χ0) is 12.5. The van der Waals surface area contributed by atoms with Gasteiger partial charge in [0.05, 0.1) is 11.9 Å². The summed E-state index contributed by atoms with van der Waals surface area (Å²) in [6.45, 7) is 3.56. The Labute approximate surface area is 93.8 Å². The van der Waals surface area contributed by atoms with Crippen molar-refractivity contribution >= 4 is 15.8 Å². The molecular formula is C9H14N2O4S. The number of carbonyl (C=O) groups is 1. The molecule has 0 fully saturated rings. The van der Waals surface area contributed by atoms with Crippen molar-refractivity contribution in [2.75, 3.05) is 6.26 Å². The van der Waals surface area contributed by atoms with E-state index in [-0.39, 0.29) is 23.1 Å². The number of aromatic carboxylic acids is 1. The number of carboxylic acid groups (broad SMARTS) is 1. The molecule has 90 valence electrons. The Morgan fingerprint density at radius 3 is 2.50 bits per heavy atom. The van der Waals surface area contributed by atoms with E-state index in [0.29, 0.717) is 0 Å². The smallest absolute Gasteiger partial charge is 0.354 e. The highest BCUT2D eigenvalue weighted by molar-refractivity contribution is 7.89. The zero-order valence-electron chi connectivity index (χ0n) is 9.34. The molecule has 0 saturated carbocycles. The Bertz CT molecular complexity index is 502. The molecule has 1 rings (SSSR count). The van der Waals surface area contributed by atoms with Crippen LogP contribution < -0.4 is 0 Å². The van der Waals surface area contributed by atoms with Crippen LogP contribution in [0.25, 0.3) is 0 Å². The molecule has 7 heteroatoms. The first-order valence-corrected chi connectivity index (χ1v) is 6.76. The molecule has 1 aromatic heterocycles. The van der Waals surface area contributed by atoms with E-state index in [2.05, 4.69) is 5.10 Å². The summed E-state index contributed by atoms with van der Waals surface area (Å²) in [6, 6.07) is -0.126. The maximum Gasteiger partial charge on any atom is 0.354 e. The van der Waals surface area contributed by atoms with E-state index >= 15 is 0 Å². The van der Waals surface area contributed by atoms with Crippen molar-refractivity contribution in [3.05, 3.63) is 17.5 Å². The molecule has 1 heterocycles. The second-order valence-electron chi connectivity index (χ2n) is 3.93. The minimum absolute atomic E-state index is 0.0552. The second-order valence-corrected chi connectivity index (χ2v) is 6.07. The summed E-state index contributed by atoms with van der Waals surface area (Å²) in [6.07, 6.45) is 2.36. The van der Waals surface area contributed by atoms with Crippen molar-refractivity contribution in [1.82, 2.24) is 9.78 Å². The van der Waals surface area contributed by atoms with Crippen molar-refractivity contribution in [1.29, 1.82) is 0 Å². The van der Waals surface area contributed by atoms with Gasteiger partial charge in [0.1, 0.15) is 0 Å². The number of nitrogens with zero attached hydrogens (tertiary/aromatic N) is 2. The summed E-state index contributed by atoms with van der Waals surface area (Å²) < 4.78 is 23.6. The van der Waals surface area contributed by atoms with Crippen LogP contribution in [0.4, 0.5) is 0 Å². The van der Waals surface area contributed by atoms with Crippen molar-refractivity contribution in [2.45, 2.75) is 25.6 Å². The van der Waals surface area contributed by atoms with Gasteiger partial charge in [-0.05, 0) is 13.8 Å². The molecule has 0 unspecified atom stereocenters. The first kappa shape index (κ1) is 12.7. The quantitative estimate of drug-likeness (QED) is 0.845. The molecule has 1 N–H and O–H groups in total. The van der Waals surface area contributed by atoms with E-state index in [1.54, 1.807) is 13.8 Å². The molecule has 0 aliphatic carbocycles. The minimum Gasteiger partial charge on any atom is -0.477 e. The molecule has 1 aromatic rings. The van der Waals surface area contributed by atoms with Gasteiger partial charge in [-0.2, -0.15) is 5.10 Å². The predicted molar refractivity (Wildman–Crippen MR) is 58.1 cm³/mol. The van der Waals surface area contributed by atoms with Crippen LogP contribution in [0.15, 0.2) is 6.20 Å². The molecule has 0 atom stereocenters. The Kier molecular flexibility index (Phi) is 3.37. The van der Waals surface area contributed by atoms with E-state index < -0.39 is 15.8 Å². The molecular weight excluding hydrogens is 232 g/mol. The van der Waals surface area contributed by atoms with Crippen molar-refractivity contribution < 1.29 is 18.3 Å². The normalized spacial score (nSPS) is 12.0. The monoisotopic (exact) mass is 246 g/mol. The van der Waals surface area contributed by atoms with Crippen LogP contribution in [0.3, 0.4) is 0 Å².